The van der Waals surface area contributed by atoms with Crippen LogP contribution in [0.15, 0.2) is 41.0 Å². The minimum absolute atomic E-state index is 0.0395. The van der Waals surface area contributed by atoms with Crippen LogP contribution >= 0.6 is 11.6 Å². The first kappa shape index (κ1) is 22.2. The lowest BCUT2D eigenvalue weighted by Crippen LogP contribution is -2.40. The van der Waals surface area contributed by atoms with Gasteiger partial charge in [0.15, 0.2) is 11.5 Å². The third kappa shape index (κ3) is 5.80. The van der Waals surface area contributed by atoms with Crippen LogP contribution in [0, 0.1) is 0 Å². The Bertz CT molecular complexity index is 845. The average Bonchev–Trinajstić information content (AvgIpc) is 3.29. The van der Waals surface area contributed by atoms with Crippen LogP contribution in [0.5, 0.6) is 11.5 Å². The number of carbonyl (C=O) groups is 1. The summed E-state index contributed by atoms with van der Waals surface area (Å²) in [5.74, 6) is 1.75. The van der Waals surface area contributed by atoms with Crippen LogP contribution in [-0.2, 0) is 4.79 Å². The van der Waals surface area contributed by atoms with Crippen molar-refractivity contribution < 1.29 is 18.7 Å². The molecule has 1 atom stereocenters. The zero-order valence-corrected chi connectivity index (χ0v) is 18.3. The van der Waals surface area contributed by atoms with Crippen LogP contribution in [0.25, 0.3) is 6.08 Å². The Morgan fingerprint density at radius 3 is 2.80 bits per heavy atom. The molecule has 0 saturated carbocycles. The van der Waals surface area contributed by atoms with Crippen molar-refractivity contribution in [2.45, 2.75) is 32.2 Å². The van der Waals surface area contributed by atoms with E-state index in [1.165, 1.54) is 25.3 Å². The van der Waals surface area contributed by atoms with E-state index in [2.05, 4.69) is 10.2 Å². The van der Waals surface area contributed by atoms with E-state index in [0.717, 1.165) is 24.4 Å². The number of nitrogens with zero attached hydrogens (tertiary/aromatic N) is 1. The van der Waals surface area contributed by atoms with Crippen molar-refractivity contribution in [1.29, 1.82) is 0 Å². The number of methoxy groups -OCH3 is 1. The molecular formula is C23H29ClN2O4. The number of hydrogen-bond acceptors (Lipinski definition) is 5. The highest BCUT2D eigenvalue weighted by atomic mass is 35.5. The summed E-state index contributed by atoms with van der Waals surface area (Å²) in [5.41, 5.74) is 0.758. The molecule has 1 aliphatic rings. The van der Waals surface area contributed by atoms with Crippen molar-refractivity contribution in [2.75, 3.05) is 33.4 Å². The number of furan rings is 1. The second kappa shape index (κ2) is 11.1. The molecule has 30 heavy (non-hydrogen) atoms. The van der Waals surface area contributed by atoms with Gasteiger partial charge in [-0.25, -0.2) is 0 Å². The van der Waals surface area contributed by atoms with Gasteiger partial charge in [0.25, 0.3) is 0 Å². The number of benzene rings is 1. The molecule has 1 aromatic carbocycles. The fourth-order valence-corrected chi connectivity index (χ4v) is 3.94. The largest absolute Gasteiger partial charge is 0.493 e. The number of halogens is 1. The van der Waals surface area contributed by atoms with Gasteiger partial charge in [0, 0.05) is 12.6 Å². The molecule has 3 rings (SSSR count). The molecule has 1 amide bonds. The van der Waals surface area contributed by atoms with Crippen molar-refractivity contribution in [3.63, 3.8) is 0 Å². The Balaban J connectivity index is 1.64. The smallest absolute Gasteiger partial charge is 0.244 e. The fourth-order valence-electron chi connectivity index (χ4n) is 3.67. The van der Waals surface area contributed by atoms with Crippen LogP contribution in [0.2, 0.25) is 5.02 Å². The van der Waals surface area contributed by atoms with E-state index in [0.29, 0.717) is 29.7 Å². The van der Waals surface area contributed by atoms with Gasteiger partial charge in [-0.1, -0.05) is 18.0 Å². The Morgan fingerprint density at radius 2 is 2.13 bits per heavy atom. The maximum atomic E-state index is 12.4. The highest BCUT2D eigenvalue weighted by Gasteiger charge is 2.24. The first-order chi connectivity index (χ1) is 14.6. The van der Waals surface area contributed by atoms with E-state index in [1.807, 2.05) is 19.1 Å². The van der Waals surface area contributed by atoms with Gasteiger partial charge >= 0.3 is 0 Å². The standard InChI is InChI=1S/C23H29ClN2O4/c1-3-29-23-18(24)14-17(15-21(23)28-2)9-10-22(27)25-16-19(20-8-7-13-30-20)26-11-5-4-6-12-26/h7-10,13-15,19H,3-6,11-12,16H2,1-2H3,(H,25,27)/b10-9+. The molecule has 6 nitrogen and oxygen atoms in total. The Labute approximate surface area is 182 Å². The van der Waals surface area contributed by atoms with Crippen molar-refractivity contribution in [3.8, 4) is 11.5 Å². The zero-order chi connectivity index (χ0) is 21.3. The normalized spacial score (nSPS) is 15.8. The molecule has 7 heteroatoms. The second-order valence-corrected chi connectivity index (χ2v) is 7.58. The number of rotatable bonds is 9. The van der Waals surface area contributed by atoms with E-state index >= 15 is 0 Å². The third-order valence-electron chi connectivity index (χ3n) is 5.14. The maximum Gasteiger partial charge on any atom is 0.244 e. The fraction of sp³-hybridized carbons (Fsp3) is 0.435. The molecule has 1 saturated heterocycles. The van der Waals surface area contributed by atoms with Crippen LogP contribution in [-0.4, -0.2) is 44.2 Å². The van der Waals surface area contributed by atoms with Gasteiger partial charge in [-0.05, 0) is 68.8 Å². The minimum atomic E-state index is -0.174. The van der Waals surface area contributed by atoms with E-state index in [9.17, 15) is 4.79 Å². The molecule has 0 radical (unpaired) electrons. The molecule has 1 N–H and O–H groups in total. The highest BCUT2D eigenvalue weighted by Crippen LogP contribution is 2.36. The zero-order valence-electron chi connectivity index (χ0n) is 17.5. The van der Waals surface area contributed by atoms with Gasteiger partial charge < -0.3 is 19.2 Å². The quantitative estimate of drug-likeness (QED) is 0.582. The summed E-state index contributed by atoms with van der Waals surface area (Å²) in [6.07, 6.45) is 8.49. The van der Waals surface area contributed by atoms with Crippen LogP contribution in [0.4, 0.5) is 0 Å². The van der Waals surface area contributed by atoms with Crippen molar-refractivity contribution in [1.82, 2.24) is 10.2 Å². The summed E-state index contributed by atoms with van der Waals surface area (Å²) in [7, 11) is 1.56. The SMILES string of the molecule is CCOc1c(Cl)cc(/C=C/C(=O)NCC(c2ccco2)N2CCCCC2)cc1OC. The van der Waals surface area contributed by atoms with Gasteiger partial charge in [-0.3, -0.25) is 9.69 Å². The predicted octanol–water partition coefficient (Wildman–Crippen LogP) is 4.70. The molecule has 0 spiro atoms. The number of carbonyl (C=O) groups excluding carboxylic acids is 1. The number of hydrogen-bond donors (Lipinski definition) is 1. The number of amides is 1. The molecule has 0 aliphatic carbocycles. The lowest BCUT2D eigenvalue weighted by molar-refractivity contribution is -0.116. The summed E-state index contributed by atoms with van der Waals surface area (Å²) in [5, 5.41) is 3.44. The first-order valence-electron chi connectivity index (χ1n) is 10.4. The number of ether oxygens (including phenoxy) is 2. The lowest BCUT2D eigenvalue weighted by atomic mass is 10.1. The predicted molar refractivity (Wildman–Crippen MR) is 118 cm³/mol. The van der Waals surface area contributed by atoms with Crippen LogP contribution in [0.1, 0.15) is 43.6 Å². The maximum absolute atomic E-state index is 12.4. The van der Waals surface area contributed by atoms with Crippen molar-refractivity contribution in [2.24, 2.45) is 0 Å². The van der Waals surface area contributed by atoms with Gasteiger partial charge in [-0.2, -0.15) is 0 Å². The number of nitrogens with one attached hydrogen (secondary N) is 1. The minimum Gasteiger partial charge on any atom is -0.493 e. The van der Waals surface area contributed by atoms with Crippen molar-refractivity contribution in [3.05, 3.63) is 53.0 Å². The average molecular weight is 433 g/mol. The van der Waals surface area contributed by atoms with Gasteiger partial charge in [-0.15, -0.1) is 0 Å². The summed E-state index contributed by atoms with van der Waals surface area (Å²) >= 11 is 6.30. The monoisotopic (exact) mass is 432 g/mol. The molecule has 2 aromatic rings. The molecular weight excluding hydrogens is 404 g/mol. The summed E-state index contributed by atoms with van der Waals surface area (Å²) in [4.78, 5) is 14.8. The highest BCUT2D eigenvalue weighted by molar-refractivity contribution is 6.32. The Morgan fingerprint density at radius 1 is 1.33 bits per heavy atom. The van der Waals surface area contributed by atoms with E-state index < -0.39 is 0 Å². The lowest BCUT2D eigenvalue weighted by Gasteiger charge is -2.33. The Hall–Kier alpha value is -2.44. The molecule has 1 fully saturated rings. The second-order valence-electron chi connectivity index (χ2n) is 7.17. The third-order valence-corrected chi connectivity index (χ3v) is 5.42. The van der Waals surface area contributed by atoms with E-state index in [4.69, 9.17) is 25.5 Å². The Kier molecular flexibility index (Phi) is 8.22. The molecule has 2 heterocycles. The van der Waals surface area contributed by atoms with Crippen molar-refractivity contribution >= 4 is 23.6 Å². The number of likely N-dealkylation sites (tertiary alicyclic amines) is 1. The summed E-state index contributed by atoms with van der Waals surface area (Å²) in [6, 6.07) is 7.43. The summed E-state index contributed by atoms with van der Waals surface area (Å²) in [6.45, 7) is 4.89. The van der Waals surface area contributed by atoms with Gasteiger partial charge in [0.05, 0.1) is 31.0 Å². The van der Waals surface area contributed by atoms with Gasteiger partial charge in [0.1, 0.15) is 5.76 Å². The molecule has 1 unspecified atom stereocenters. The molecule has 1 aliphatic heterocycles. The first-order valence-corrected chi connectivity index (χ1v) is 10.7. The van der Waals surface area contributed by atoms with E-state index in [-0.39, 0.29) is 11.9 Å². The number of piperidine rings is 1. The molecule has 1 aromatic heterocycles. The molecule has 0 bridgehead atoms. The van der Waals surface area contributed by atoms with E-state index in [1.54, 1.807) is 31.6 Å². The van der Waals surface area contributed by atoms with Crippen LogP contribution < -0.4 is 14.8 Å². The van der Waals surface area contributed by atoms with Crippen LogP contribution in [0.3, 0.4) is 0 Å². The topological polar surface area (TPSA) is 63.9 Å². The molecule has 162 valence electrons. The summed E-state index contributed by atoms with van der Waals surface area (Å²) < 4.78 is 16.5. The van der Waals surface area contributed by atoms with Gasteiger partial charge in [0.2, 0.25) is 5.91 Å².